The molecule has 1 aliphatic heterocycles. The van der Waals surface area contributed by atoms with Crippen molar-refractivity contribution in [3.05, 3.63) is 34.8 Å². The van der Waals surface area contributed by atoms with Gasteiger partial charge in [0.1, 0.15) is 10.0 Å². The standard InChI is InChI=1S/C21H27N3O2S/c1-26-21(25)18-8-6-17(7-9-18)20-24-23-19(27-20)16-4-2-14(3-5-16)15-10-12-22-13-11-15/h2-5,15,17-18,22H,6-13H2,1H3/t17-,18-. The molecule has 6 heteroatoms. The lowest BCUT2D eigenvalue weighted by Gasteiger charge is -2.25. The van der Waals surface area contributed by atoms with Crippen LogP contribution in [-0.2, 0) is 9.53 Å². The molecular formula is C21H27N3O2S. The average molecular weight is 386 g/mol. The summed E-state index contributed by atoms with van der Waals surface area (Å²) in [6.45, 7) is 2.23. The van der Waals surface area contributed by atoms with Crippen LogP contribution in [0.25, 0.3) is 10.6 Å². The summed E-state index contributed by atoms with van der Waals surface area (Å²) in [6.07, 6.45) is 6.19. The summed E-state index contributed by atoms with van der Waals surface area (Å²) >= 11 is 1.70. The molecule has 0 unspecified atom stereocenters. The Kier molecular flexibility index (Phi) is 5.83. The highest BCUT2D eigenvalue weighted by atomic mass is 32.1. The first kappa shape index (κ1) is 18.6. The van der Waals surface area contributed by atoms with E-state index in [1.165, 1.54) is 25.5 Å². The number of aromatic nitrogens is 2. The van der Waals surface area contributed by atoms with Gasteiger partial charge in [0.15, 0.2) is 0 Å². The monoisotopic (exact) mass is 385 g/mol. The van der Waals surface area contributed by atoms with Gasteiger partial charge in [-0.05, 0) is 63.1 Å². The Morgan fingerprint density at radius 3 is 2.37 bits per heavy atom. The zero-order valence-corrected chi connectivity index (χ0v) is 16.6. The SMILES string of the molecule is COC(=O)[C@H]1CC[C@H](c2nnc(-c3ccc(C4CCNCC4)cc3)s2)CC1. The Morgan fingerprint density at radius 1 is 1.00 bits per heavy atom. The second-order valence-corrected chi connectivity index (χ2v) is 8.67. The van der Waals surface area contributed by atoms with E-state index >= 15 is 0 Å². The molecule has 0 atom stereocenters. The third kappa shape index (κ3) is 4.22. The van der Waals surface area contributed by atoms with Crippen molar-refractivity contribution in [2.75, 3.05) is 20.2 Å². The van der Waals surface area contributed by atoms with E-state index in [4.69, 9.17) is 4.74 Å². The fourth-order valence-corrected chi connectivity index (χ4v) is 5.33. The van der Waals surface area contributed by atoms with Crippen LogP contribution in [0.1, 0.15) is 60.9 Å². The molecule has 0 bridgehead atoms. The maximum atomic E-state index is 11.7. The molecule has 0 spiro atoms. The topological polar surface area (TPSA) is 64.1 Å². The summed E-state index contributed by atoms with van der Waals surface area (Å²) in [5, 5.41) is 14.4. The van der Waals surface area contributed by atoms with E-state index in [0.717, 1.165) is 54.4 Å². The number of hydrogen-bond donors (Lipinski definition) is 1. The molecule has 1 saturated carbocycles. The van der Waals surface area contributed by atoms with Gasteiger partial charge in [0.05, 0.1) is 13.0 Å². The summed E-state index contributed by atoms with van der Waals surface area (Å²) in [7, 11) is 1.47. The van der Waals surface area contributed by atoms with E-state index in [9.17, 15) is 4.79 Å². The van der Waals surface area contributed by atoms with E-state index in [2.05, 4.69) is 39.8 Å². The highest BCUT2D eigenvalue weighted by Gasteiger charge is 2.29. The molecule has 1 aliphatic carbocycles. The fraction of sp³-hybridized carbons (Fsp3) is 0.571. The molecule has 4 rings (SSSR count). The Balaban J connectivity index is 1.40. The van der Waals surface area contributed by atoms with Crippen molar-refractivity contribution in [1.29, 1.82) is 0 Å². The van der Waals surface area contributed by atoms with Crippen molar-refractivity contribution in [3.8, 4) is 10.6 Å². The molecule has 1 saturated heterocycles. The minimum Gasteiger partial charge on any atom is -0.469 e. The second kappa shape index (κ2) is 8.48. The molecule has 1 aromatic heterocycles. The van der Waals surface area contributed by atoms with Crippen LogP contribution in [0.2, 0.25) is 0 Å². The van der Waals surface area contributed by atoms with Gasteiger partial charge in [-0.2, -0.15) is 0 Å². The normalized spacial score (nSPS) is 23.9. The Hall–Kier alpha value is -1.79. The number of methoxy groups -OCH3 is 1. The Morgan fingerprint density at radius 2 is 1.70 bits per heavy atom. The number of hydrogen-bond acceptors (Lipinski definition) is 6. The molecule has 0 radical (unpaired) electrons. The molecule has 5 nitrogen and oxygen atoms in total. The van der Waals surface area contributed by atoms with Crippen molar-refractivity contribution in [2.45, 2.75) is 50.4 Å². The number of carbonyl (C=O) groups excluding carboxylic acids is 1. The maximum absolute atomic E-state index is 11.7. The average Bonchev–Trinajstić information content (AvgIpc) is 3.24. The second-order valence-electron chi connectivity index (χ2n) is 7.66. The summed E-state index contributed by atoms with van der Waals surface area (Å²) in [6, 6.07) is 8.90. The van der Waals surface area contributed by atoms with E-state index < -0.39 is 0 Å². The zero-order valence-electron chi connectivity index (χ0n) is 15.8. The quantitative estimate of drug-likeness (QED) is 0.802. The van der Waals surface area contributed by atoms with Gasteiger partial charge in [0.25, 0.3) is 0 Å². The third-order valence-corrected chi connectivity index (χ3v) is 7.15. The lowest BCUT2D eigenvalue weighted by molar-refractivity contribution is -0.146. The van der Waals surface area contributed by atoms with Crippen LogP contribution in [0.3, 0.4) is 0 Å². The maximum Gasteiger partial charge on any atom is 0.308 e. The van der Waals surface area contributed by atoms with Gasteiger partial charge in [-0.15, -0.1) is 10.2 Å². The van der Waals surface area contributed by atoms with Gasteiger partial charge in [-0.25, -0.2) is 0 Å². The lowest BCUT2D eigenvalue weighted by atomic mass is 9.82. The zero-order chi connectivity index (χ0) is 18.6. The smallest absolute Gasteiger partial charge is 0.308 e. The molecule has 1 N–H and O–H groups in total. The number of piperidine rings is 1. The summed E-state index contributed by atoms with van der Waals surface area (Å²) in [4.78, 5) is 11.7. The predicted molar refractivity (Wildman–Crippen MR) is 107 cm³/mol. The summed E-state index contributed by atoms with van der Waals surface area (Å²) in [5.74, 6) is 1.09. The first-order chi connectivity index (χ1) is 13.2. The van der Waals surface area contributed by atoms with E-state index in [1.807, 2.05) is 0 Å². The lowest BCUT2D eigenvalue weighted by Crippen LogP contribution is -2.26. The largest absolute Gasteiger partial charge is 0.469 e. The number of nitrogens with zero attached hydrogens (tertiary/aromatic N) is 2. The van der Waals surface area contributed by atoms with Gasteiger partial charge in [0.2, 0.25) is 0 Å². The molecule has 2 fully saturated rings. The minimum absolute atomic E-state index is 0.0566. The van der Waals surface area contributed by atoms with E-state index in [-0.39, 0.29) is 11.9 Å². The van der Waals surface area contributed by atoms with Crippen LogP contribution < -0.4 is 5.32 Å². The predicted octanol–water partition coefficient (Wildman–Crippen LogP) is 4.12. The first-order valence-electron chi connectivity index (χ1n) is 9.97. The van der Waals surface area contributed by atoms with Crippen LogP contribution in [0.15, 0.2) is 24.3 Å². The number of benzene rings is 1. The molecule has 2 aromatic rings. The van der Waals surface area contributed by atoms with Crippen molar-refractivity contribution >= 4 is 17.3 Å². The molecule has 2 heterocycles. The van der Waals surface area contributed by atoms with Gasteiger partial charge in [0, 0.05) is 11.5 Å². The highest BCUT2D eigenvalue weighted by Crippen LogP contribution is 2.39. The summed E-state index contributed by atoms with van der Waals surface area (Å²) < 4.78 is 4.88. The van der Waals surface area contributed by atoms with E-state index in [1.54, 1.807) is 11.3 Å². The van der Waals surface area contributed by atoms with Crippen molar-refractivity contribution in [3.63, 3.8) is 0 Å². The molecule has 144 valence electrons. The number of nitrogens with one attached hydrogen (secondary N) is 1. The Bertz CT molecular complexity index is 760. The Labute approximate surface area is 164 Å². The minimum atomic E-state index is -0.0692. The van der Waals surface area contributed by atoms with Crippen molar-refractivity contribution in [2.24, 2.45) is 5.92 Å². The number of rotatable bonds is 4. The number of ether oxygens (including phenoxy) is 1. The van der Waals surface area contributed by atoms with Crippen LogP contribution in [0, 0.1) is 5.92 Å². The van der Waals surface area contributed by atoms with Crippen LogP contribution in [-0.4, -0.2) is 36.4 Å². The third-order valence-electron chi connectivity index (χ3n) is 6.02. The van der Waals surface area contributed by atoms with Gasteiger partial charge in [-0.1, -0.05) is 35.6 Å². The highest BCUT2D eigenvalue weighted by molar-refractivity contribution is 7.14. The molecule has 0 amide bonds. The summed E-state index contributed by atoms with van der Waals surface area (Å²) in [5.41, 5.74) is 2.59. The fourth-order valence-electron chi connectivity index (χ4n) is 4.31. The van der Waals surface area contributed by atoms with Crippen molar-refractivity contribution < 1.29 is 9.53 Å². The molecule has 27 heavy (non-hydrogen) atoms. The van der Waals surface area contributed by atoms with E-state index in [0.29, 0.717) is 11.8 Å². The van der Waals surface area contributed by atoms with Gasteiger partial charge in [-0.3, -0.25) is 4.79 Å². The van der Waals surface area contributed by atoms with Crippen LogP contribution in [0.4, 0.5) is 0 Å². The van der Waals surface area contributed by atoms with Gasteiger partial charge < -0.3 is 10.1 Å². The molecule has 1 aromatic carbocycles. The number of carbonyl (C=O) groups is 1. The van der Waals surface area contributed by atoms with Crippen LogP contribution in [0.5, 0.6) is 0 Å². The first-order valence-corrected chi connectivity index (χ1v) is 10.8. The van der Waals surface area contributed by atoms with Gasteiger partial charge >= 0.3 is 5.97 Å². The molecular weight excluding hydrogens is 358 g/mol. The van der Waals surface area contributed by atoms with Crippen molar-refractivity contribution in [1.82, 2.24) is 15.5 Å². The van der Waals surface area contributed by atoms with Crippen LogP contribution >= 0.6 is 11.3 Å². The molecule has 2 aliphatic rings. The number of esters is 1.